The maximum atomic E-state index is 13.8. The number of aryl methyl sites for hydroxylation is 1. The van der Waals surface area contributed by atoms with Crippen molar-refractivity contribution >= 4 is 27.5 Å². The maximum absolute atomic E-state index is 13.8. The highest BCUT2D eigenvalue weighted by molar-refractivity contribution is 7.88. The number of nitrogens with one attached hydrogen (secondary N) is 1. The van der Waals surface area contributed by atoms with Crippen molar-refractivity contribution in [1.82, 2.24) is 9.62 Å². The van der Waals surface area contributed by atoms with Crippen molar-refractivity contribution in [3.8, 4) is 0 Å². The highest BCUT2D eigenvalue weighted by atomic mass is 35.5. The summed E-state index contributed by atoms with van der Waals surface area (Å²) in [5, 5.41) is 2.52. The molecule has 0 bridgehead atoms. The van der Waals surface area contributed by atoms with E-state index in [1.165, 1.54) is 16.4 Å². The lowest BCUT2D eigenvalue weighted by molar-refractivity contribution is 0.0947. The van der Waals surface area contributed by atoms with Gasteiger partial charge in [-0.1, -0.05) is 41.9 Å². The Morgan fingerprint density at radius 2 is 1.88 bits per heavy atom. The molecule has 2 aromatic rings. The number of carbonyl (C=O) groups is 1. The second-order valence-corrected chi connectivity index (χ2v) is 8.27. The van der Waals surface area contributed by atoms with Gasteiger partial charge >= 0.3 is 0 Å². The summed E-state index contributed by atoms with van der Waals surface area (Å²) < 4.78 is 39.1. The Labute approximate surface area is 157 Å². The van der Waals surface area contributed by atoms with Crippen molar-refractivity contribution in [2.24, 2.45) is 0 Å². The number of carbonyl (C=O) groups excluding carboxylic acids is 1. The van der Waals surface area contributed by atoms with Crippen molar-refractivity contribution in [2.75, 3.05) is 19.3 Å². The molecule has 5 nitrogen and oxygen atoms in total. The van der Waals surface area contributed by atoms with E-state index in [2.05, 4.69) is 5.32 Å². The minimum atomic E-state index is -3.48. The van der Waals surface area contributed by atoms with Gasteiger partial charge in [0.2, 0.25) is 10.0 Å². The third kappa shape index (κ3) is 5.27. The van der Waals surface area contributed by atoms with Gasteiger partial charge in [0.1, 0.15) is 5.82 Å². The molecule has 0 aliphatic rings. The lowest BCUT2D eigenvalue weighted by Gasteiger charge is -2.21. The van der Waals surface area contributed by atoms with Crippen LogP contribution in [0.15, 0.2) is 42.5 Å². The van der Waals surface area contributed by atoms with E-state index in [1.54, 1.807) is 0 Å². The highest BCUT2D eigenvalue weighted by Gasteiger charge is 2.19. The first kappa shape index (κ1) is 20.4. The van der Waals surface area contributed by atoms with Crippen molar-refractivity contribution in [2.45, 2.75) is 13.5 Å². The molecule has 0 aliphatic carbocycles. The number of halogens is 2. The normalized spacial score (nSPS) is 11.6. The molecule has 2 aromatic carbocycles. The van der Waals surface area contributed by atoms with Gasteiger partial charge in [-0.05, 0) is 30.2 Å². The Bertz CT molecular complexity index is 883. The number of sulfonamides is 1. The van der Waals surface area contributed by atoms with Crippen LogP contribution in [-0.2, 0) is 16.6 Å². The number of hydrogen-bond acceptors (Lipinski definition) is 3. The predicted molar refractivity (Wildman–Crippen MR) is 100 cm³/mol. The summed E-state index contributed by atoms with van der Waals surface area (Å²) in [4.78, 5) is 12.1. The third-order valence-corrected chi connectivity index (χ3v) is 5.48. The van der Waals surface area contributed by atoms with Gasteiger partial charge in [-0.25, -0.2) is 12.8 Å². The fraction of sp³-hybridized carbons (Fsp3) is 0.278. The smallest absolute Gasteiger partial charge is 0.255 e. The molecule has 1 amide bonds. The number of amides is 1. The van der Waals surface area contributed by atoms with Gasteiger partial charge < -0.3 is 5.32 Å². The molecule has 26 heavy (non-hydrogen) atoms. The van der Waals surface area contributed by atoms with Crippen LogP contribution < -0.4 is 5.32 Å². The van der Waals surface area contributed by atoms with Gasteiger partial charge in [0.25, 0.3) is 5.91 Å². The molecule has 0 saturated carbocycles. The van der Waals surface area contributed by atoms with Crippen molar-refractivity contribution in [3.05, 3.63) is 70.0 Å². The molecule has 8 heteroatoms. The summed E-state index contributed by atoms with van der Waals surface area (Å²) in [5.74, 6) is -1.41. The van der Waals surface area contributed by atoms with E-state index in [0.717, 1.165) is 23.4 Å². The molecule has 0 unspecified atom stereocenters. The zero-order chi connectivity index (χ0) is 19.3. The minimum absolute atomic E-state index is 0.00220. The molecule has 2 rings (SSSR count). The molecular weight excluding hydrogens is 379 g/mol. The topological polar surface area (TPSA) is 66.5 Å². The van der Waals surface area contributed by atoms with Gasteiger partial charge in [-0.3, -0.25) is 4.79 Å². The number of hydrogen-bond donors (Lipinski definition) is 1. The van der Waals surface area contributed by atoms with Crippen molar-refractivity contribution < 1.29 is 17.6 Å². The molecule has 0 saturated heterocycles. The Morgan fingerprint density at radius 1 is 1.19 bits per heavy atom. The van der Waals surface area contributed by atoms with Crippen molar-refractivity contribution in [1.29, 1.82) is 0 Å². The van der Waals surface area contributed by atoms with Crippen molar-refractivity contribution in [3.63, 3.8) is 0 Å². The molecule has 1 N–H and O–H groups in total. The van der Waals surface area contributed by atoms with E-state index < -0.39 is 21.7 Å². The van der Waals surface area contributed by atoms with Crippen LogP contribution >= 0.6 is 11.6 Å². The second-order valence-electron chi connectivity index (χ2n) is 5.88. The summed E-state index contributed by atoms with van der Waals surface area (Å²) in [6.45, 7) is 2.19. The van der Waals surface area contributed by atoms with Gasteiger partial charge in [0, 0.05) is 19.6 Å². The molecule has 0 atom stereocenters. The molecule has 0 fully saturated rings. The largest absolute Gasteiger partial charge is 0.351 e. The van der Waals surface area contributed by atoms with Crippen LogP contribution in [0.3, 0.4) is 0 Å². The lowest BCUT2D eigenvalue weighted by Crippen LogP contribution is -2.38. The first-order valence-electron chi connectivity index (χ1n) is 7.92. The SMILES string of the molecule is Cc1ccccc1CN(CCNC(=O)c1c(F)cccc1Cl)S(C)(=O)=O. The monoisotopic (exact) mass is 398 g/mol. The Balaban J connectivity index is 2.04. The van der Waals surface area contributed by atoms with E-state index >= 15 is 0 Å². The van der Waals surface area contributed by atoms with Crippen LogP contribution in [-0.4, -0.2) is 38.0 Å². The summed E-state index contributed by atoms with van der Waals surface area (Å²) in [6.07, 6.45) is 1.11. The van der Waals surface area contributed by atoms with Crippen LogP contribution in [0.4, 0.5) is 4.39 Å². The number of rotatable bonds is 7. The van der Waals surface area contributed by atoms with Crippen LogP contribution in [0.2, 0.25) is 5.02 Å². The van der Waals surface area contributed by atoms with E-state index in [0.29, 0.717) is 0 Å². The molecule has 0 aliphatic heterocycles. The zero-order valence-corrected chi connectivity index (χ0v) is 16.1. The Kier molecular flexibility index (Phi) is 6.75. The Morgan fingerprint density at radius 3 is 2.50 bits per heavy atom. The number of benzene rings is 2. The van der Waals surface area contributed by atoms with E-state index in [1.807, 2.05) is 31.2 Å². The molecule has 140 valence electrons. The summed E-state index contributed by atoms with van der Waals surface area (Å²) in [5.41, 5.74) is 1.60. The summed E-state index contributed by atoms with van der Waals surface area (Å²) in [6, 6.07) is 11.4. The van der Waals surface area contributed by atoms with E-state index in [-0.39, 0.29) is 30.2 Å². The van der Waals surface area contributed by atoms with Crippen LogP contribution in [0.25, 0.3) is 0 Å². The third-order valence-electron chi connectivity index (χ3n) is 3.91. The maximum Gasteiger partial charge on any atom is 0.255 e. The zero-order valence-electron chi connectivity index (χ0n) is 14.5. The second kappa shape index (κ2) is 8.62. The Hall–Kier alpha value is -1.96. The first-order chi connectivity index (χ1) is 12.2. The fourth-order valence-corrected chi connectivity index (χ4v) is 3.48. The first-order valence-corrected chi connectivity index (χ1v) is 10.1. The summed E-state index contributed by atoms with van der Waals surface area (Å²) >= 11 is 5.86. The van der Waals surface area contributed by atoms with Gasteiger partial charge in [-0.2, -0.15) is 4.31 Å². The number of nitrogens with zero attached hydrogens (tertiary/aromatic N) is 1. The molecule has 0 spiro atoms. The average Bonchev–Trinajstić information content (AvgIpc) is 2.54. The van der Waals surface area contributed by atoms with Crippen LogP contribution in [0.5, 0.6) is 0 Å². The fourth-order valence-electron chi connectivity index (χ4n) is 2.44. The summed E-state index contributed by atoms with van der Waals surface area (Å²) in [7, 11) is -3.48. The van der Waals surface area contributed by atoms with Crippen LogP contribution in [0, 0.1) is 12.7 Å². The van der Waals surface area contributed by atoms with Gasteiger partial charge in [0.05, 0.1) is 16.8 Å². The predicted octanol–water partition coefficient (Wildman–Crippen LogP) is 2.98. The van der Waals surface area contributed by atoms with E-state index in [4.69, 9.17) is 11.6 Å². The minimum Gasteiger partial charge on any atom is -0.351 e. The molecule has 0 radical (unpaired) electrons. The lowest BCUT2D eigenvalue weighted by atomic mass is 10.1. The standard InChI is InChI=1S/C18H20ClFN2O3S/c1-13-6-3-4-7-14(13)12-22(26(2,24)25)11-10-21-18(23)17-15(19)8-5-9-16(17)20/h3-9H,10-12H2,1-2H3,(H,21,23). The average molecular weight is 399 g/mol. The van der Waals surface area contributed by atoms with E-state index in [9.17, 15) is 17.6 Å². The van der Waals surface area contributed by atoms with Gasteiger partial charge in [0.15, 0.2) is 0 Å². The quantitative estimate of drug-likeness (QED) is 0.779. The molecule has 0 heterocycles. The molecular formula is C18H20ClFN2O3S. The highest BCUT2D eigenvalue weighted by Crippen LogP contribution is 2.18. The van der Waals surface area contributed by atoms with Gasteiger partial charge in [-0.15, -0.1) is 0 Å². The van der Waals surface area contributed by atoms with Crippen LogP contribution in [0.1, 0.15) is 21.5 Å². The molecule has 0 aromatic heterocycles.